The van der Waals surface area contributed by atoms with Crippen LogP contribution in [0.2, 0.25) is 0 Å². The van der Waals surface area contributed by atoms with Crippen molar-refractivity contribution in [1.82, 2.24) is 10.6 Å². The first-order valence-corrected chi connectivity index (χ1v) is 6.44. The highest BCUT2D eigenvalue weighted by molar-refractivity contribution is 5.85. The Bertz CT molecular complexity index is 406. The first-order chi connectivity index (χ1) is 8.81. The molecule has 2 rings (SSSR count). The number of para-hydroxylation sites is 1. The number of amides is 1. The van der Waals surface area contributed by atoms with Crippen LogP contribution >= 0.6 is 12.4 Å². The van der Waals surface area contributed by atoms with E-state index < -0.39 is 0 Å². The predicted molar refractivity (Wildman–Crippen MR) is 78.0 cm³/mol. The molecule has 4 nitrogen and oxygen atoms in total. The summed E-state index contributed by atoms with van der Waals surface area (Å²) in [4.78, 5) is 11.8. The molecule has 2 N–H and O–H groups in total. The summed E-state index contributed by atoms with van der Waals surface area (Å²) >= 11 is 0. The van der Waals surface area contributed by atoms with E-state index in [1.807, 2.05) is 24.3 Å². The molecule has 0 saturated carbocycles. The van der Waals surface area contributed by atoms with Gasteiger partial charge in [-0.25, -0.2) is 0 Å². The lowest BCUT2D eigenvalue weighted by Crippen LogP contribution is -2.41. The van der Waals surface area contributed by atoms with Crippen LogP contribution in [-0.4, -0.2) is 32.1 Å². The molecule has 1 aromatic rings. The summed E-state index contributed by atoms with van der Waals surface area (Å²) in [5, 5.41) is 6.16. The van der Waals surface area contributed by atoms with E-state index in [1.54, 1.807) is 7.11 Å². The summed E-state index contributed by atoms with van der Waals surface area (Å²) < 4.78 is 5.28. The van der Waals surface area contributed by atoms with Gasteiger partial charge in [-0.2, -0.15) is 0 Å². The Morgan fingerprint density at radius 2 is 2.26 bits per heavy atom. The number of hydrogen-bond acceptors (Lipinski definition) is 3. The Hall–Kier alpha value is -1.26. The third-order valence-corrected chi connectivity index (χ3v) is 3.26. The van der Waals surface area contributed by atoms with Crippen LogP contribution in [0.15, 0.2) is 24.3 Å². The zero-order valence-corrected chi connectivity index (χ0v) is 12.0. The normalized spacial score (nSPS) is 17.6. The van der Waals surface area contributed by atoms with Crippen LogP contribution in [0, 0.1) is 0 Å². The van der Waals surface area contributed by atoms with Gasteiger partial charge >= 0.3 is 0 Å². The van der Waals surface area contributed by atoms with Crippen molar-refractivity contribution in [2.24, 2.45) is 0 Å². The van der Waals surface area contributed by atoms with Gasteiger partial charge in [0.25, 0.3) is 0 Å². The lowest BCUT2D eigenvalue weighted by Gasteiger charge is -2.12. The Kier molecular flexibility index (Phi) is 6.67. The van der Waals surface area contributed by atoms with Crippen molar-refractivity contribution in [3.63, 3.8) is 0 Å². The fourth-order valence-corrected chi connectivity index (χ4v) is 2.26. The Morgan fingerprint density at radius 1 is 1.47 bits per heavy atom. The molecule has 0 radical (unpaired) electrons. The molecule has 0 spiro atoms. The van der Waals surface area contributed by atoms with Crippen molar-refractivity contribution in [1.29, 1.82) is 0 Å². The van der Waals surface area contributed by atoms with Gasteiger partial charge in [0.2, 0.25) is 5.91 Å². The van der Waals surface area contributed by atoms with E-state index in [0.717, 1.165) is 37.1 Å². The lowest BCUT2D eigenvalue weighted by atomic mass is 10.1. The number of rotatable bonds is 5. The number of carbonyl (C=O) groups excluding carboxylic acids is 1. The molecule has 0 aliphatic carbocycles. The quantitative estimate of drug-likeness (QED) is 0.862. The van der Waals surface area contributed by atoms with Crippen LogP contribution in [0.5, 0.6) is 5.75 Å². The summed E-state index contributed by atoms with van der Waals surface area (Å²) in [6, 6.07) is 7.90. The zero-order chi connectivity index (χ0) is 12.8. The smallest absolute Gasteiger partial charge is 0.237 e. The number of methoxy groups -OCH3 is 1. The Morgan fingerprint density at radius 3 is 2.95 bits per heavy atom. The topological polar surface area (TPSA) is 50.4 Å². The van der Waals surface area contributed by atoms with Gasteiger partial charge < -0.3 is 15.4 Å². The maximum absolute atomic E-state index is 11.8. The molecule has 0 aromatic heterocycles. The standard InChI is InChI=1S/C14H20N2O2.ClH/c1-18-13-7-3-2-5-11(13)8-10-16-14(17)12-6-4-9-15-12;/h2-3,5,7,12,15H,4,6,8-10H2,1H3,(H,16,17);1H/t12-;/m0./s1. The third-order valence-electron chi connectivity index (χ3n) is 3.26. The largest absolute Gasteiger partial charge is 0.496 e. The summed E-state index contributed by atoms with van der Waals surface area (Å²) in [6.07, 6.45) is 2.83. The van der Waals surface area contributed by atoms with E-state index in [9.17, 15) is 4.79 Å². The van der Waals surface area contributed by atoms with Gasteiger partial charge in [0.15, 0.2) is 0 Å². The maximum atomic E-state index is 11.8. The first kappa shape index (κ1) is 15.8. The highest BCUT2D eigenvalue weighted by atomic mass is 35.5. The second-order valence-electron chi connectivity index (χ2n) is 4.50. The van der Waals surface area contributed by atoms with Gasteiger partial charge in [-0.15, -0.1) is 12.4 Å². The average molecular weight is 285 g/mol. The molecule has 0 unspecified atom stereocenters. The summed E-state index contributed by atoms with van der Waals surface area (Å²) in [7, 11) is 1.67. The van der Waals surface area contributed by atoms with E-state index >= 15 is 0 Å². The Balaban J connectivity index is 0.00000180. The molecule has 1 heterocycles. The van der Waals surface area contributed by atoms with Gasteiger partial charge in [-0.05, 0) is 37.4 Å². The lowest BCUT2D eigenvalue weighted by molar-refractivity contribution is -0.122. The van der Waals surface area contributed by atoms with Crippen LogP contribution in [0.25, 0.3) is 0 Å². The SMILES string of the molecule is COc1ccccc1CCNC(=O)[C@@H]1CCCN1.Cl. The number of halogens is 1. The minimum atomic E-state index is 0. The highest BCUT2D eigenvalue weighted by Gasteiger charge is 2.21. The summed E-state index contributed by atoms with van der Waals surface area (Å²) in [6.45, 7) is 1.60. The molecule has 0 bridgehead atoms. The van der Waals surface area contributed by atoms with Crippen LogP contribution in [0.1, 0.15) is 18.4 Å². The van der Waals surface area contributed by atoms with Crippen molar-refractivity contribution in [3.05, 3.63) is 29.8 Å². The molecule has 1 aliphatic heterocycles. The van der Waals surface area contributed by atoms with Crippen LogP contribution in [0.3, 0.4) is 0 Å². The first-order valence-electron chi connectivity index (χ1n) is 6.44. The molecule has 106 valence electrons. The van der Waals surface area contributed by atoms with Crippen molar-refractivity contribution in [2.45, 2.75) is 25.3 Å². The Labute approximate surface area is 120 Å². The van der Waals surface area contributed by atoms with Crippen molar-refractivity contribution in [2.75, 3.05) is 20.2 Å². The minimum Gasteiger partial charge on any atom is -0.496 e. The third kappa shape index (κ3) is 4.40. The maximum Gasteiger partial charge on any atom is 0.237 e. The van der Waals surface area contributed by atoms with Crippen LogP contribution in [-0.2, 0) is 11.2 Å². The highest BCUT2D eigenvalue weighted by Crippen LogP contribution is 2.17. The van der Waals surface area contributed by atoms with Crippen LogP contribution in [0.4, 0.5) is 0 Å². The molecule has 19 heavy (non-hydrogen) atoms. The number of benzene rings is 1. The molecular weight excluding hydrogens is 264 g/mol. The molecule has 1 amide bonds. The second-order valence-corrected chi connectivity index (χ2v) is 4.50. The molecule has 1 fully saturated rings. The number of hydrogen-bond donors (Lipinski definition) is 2. The van der Waals surface area contributed by atoms with E-state index in [-0.39, 0.29) is 24.4 Å². The molecule has 1 atom stereocenters. The molecule has 1 aromatic carbocycles. The fraction of sp³-hybridized carbons (Fsp3) is 0.500. The van der Waals surface area contributed by atoms with Gasteiger partial charge in [-0.1, -0.05) is 18.2 Å². The van der Waals surface area contributed by atoms with Gasteiger partial charge in [0.05, 0.1) is 13.2 Å². The van der Waals surface area contributed by atoms with Crippen molar-refractivity contribution < 1.29 is 9.53 Å². The number of carbonyl (C=O) groups is 1. The van der Waals surface area contributed by atoms with E-state index in [2.05, 4.69) is 10.6 Å². The summed E-state index contributed by atoms with van der Waals surface area (Å²) in [5.74, 6) is 0.994. The predicted octanol–water partition coefficient (Wildman–Crippen LogP) is 1.53. The monoisotopic (exact) mass is 284 g/mol. The number of ether oxygens (including phenoxy) is 1. The van der Waals surface area contributed by atoms with Crippen molar-refractivity contribution >= 4 is 18.3 Å². The molecule has 1 aliphatic rings. The zero-order valence-electron chi connectivity index (χ0n) is 11.1. The van der Waals surface area contributed by atoms with E-state index in [4.69, 9.17) is 4.74 Å². The number of nitrogens with one attached hydrogen (secondary N) is 2. The van der Waals surface area contributed by atoms with Gasteiger partial charge in [-0.3, -0.25) is 4.79 Å². The fourth-order valence-electron chi connectivity index (χ4n) is 2.26. The van der Waals surface area contributed by atoms with Crippen molar-refractivity contribution in [3.8, 4) is 5.75 Å². The summed E-state index contributed by atoms with van der Waals surface area (Å²) in [5.41, 5.74) is 1.12. The molecule has 5 heteroatoms. The molecular formula is C14H21ClN2O2. The van der Waals surface area contributed by atoms with Gasteiger partial charge in [0.1, 0.15) is 5.75 Å². The van der Waals surface area contributed by atoms with Crippen LogP contribution < -0.4 is 15.4 Å². The minimum absolute atomic E-state index is 0. The second kappa shape index (κ2) is 8.02. The van der Waals surface area contributed by atoms with Gasteiger partial charge in [0, 0.05) is 6.54 Å². The molecule has 1 saturated heterocycles. The van der Waals surface area contributed by atoms with E-state index in [1.165, 1.54) is 0 Å². The van der Waals surface area contributed by atoms with E-state index in [0.29, 0.717) is 6.54 Å². The average Bonchev–Trinajstić information content (AvgIpc) is 2.93.